The largest absolute Gasteiger partial charge is 0.463 e. The summed E-state index contributed by atoms with van der Waals surface area (Å²) in [7, 11) is 0. The molecule has 10 heteroatoms. The number of hydrogen-bond donors (Lipinski definition) is 1. The lowest BCUT2D eigenvalue weighted by Gasteiger charge is -2.05. The summed E-state index contributed by atoms with van der Waals surface area (Å²) in [5, 5.41) is 10.7. The van der Waals surface area contributed by atoms with Crippen LogP contribution < -0.4 is 5.32 Å². The number of nitrogens with zero attached hydrogens (tertiary/aromatic N) is 5. The normalized spacial score (nSPS) is 11.1. The minimum atomic E-state index is -0.229. The van der Waals surface area contributed by atoms with Gasteiger partial charge >= 0.3 is 0 Å². The Bertz CT molecular complexity index is 1310. The number of nitrogens with one attached hydrogen (secondary N) is 1. The molecule has 5 rings (SSSR count). The maximum absolute atomic E-state index is 13.0. The van der Waals surface area contributed by atoms with Gasteiger partial charge in [0, 0.05) is 23.8 Å². The highest BCUT2D eigenvalue weighted by atomic mass is 32.1. The second-order valence-electron chi connectivity index (χ2n) is 6.53. The molecule has 0 aliphatic rings. The Morgan fingerprint density at radius 2 is 1.97 bits per heavy atom. The first kappa shape index (κ1) is 18.5. The lowest BCUT2D eigenvalue weighted by atomic mass is 10.3. The van der Waals surface area contributed by atoms with Crippen molar-refractivity contribution in [3.63, 3.8) is 0 Å². The highest BCUT2D eigenvalue weighted by Crippen LogP contribution is 2.28. The van der Waals surface area contributed by atoms with E-state index in [1.807, 2.05) is 66.5 Å². The van der Waals surface area contributed by atoms with Crippen LogP contribution in [-0.4, -0.2) is 30.2 Å². The first-order valence-electron chi connectivity index (χ1n) is 9.07. The maximum Gasteiger partial charge on any atom is 0.268 e. The summed E-state index contributed by atoms with van der Waals surface area (Å²) in [5.41, 5.74) is 2.17. The van der Waals surface area contributed by atoms with Gasteiger partial charge < -0.3 is 14.3 Å². The molecule has 0 radical (unpaired) electrons. The fraction of sp³-hybridized carbons (Fsp3) is 0.100. The predicted octanol–water partition coefficient (Wildman–Crippen LogP) is 4.71. The number of carbonyl (C=O) groups excluding carboxylic acids is 1. The Morgan fingerprint density at radius 3 is 2.73 bits per heavy atom. The van der Waals surface area contributed by atoms with Gasteiger partial charge in [-0.25, -0.2) is 9.97 Å². The van der Waals surface area contributed by atoms with Gasteiger partial charge in [-0.1, -0.05) is 11.3 Å². The average Bonchev–Trinajstić information content (AvgIpc) is 3.51. The Hall–Kier alpha value is -3.50. The summed E-state index contributed by atoms with van der Waals surface area (Å²) >= 11 is 2.76. The summed E-state index contributed by atoms with van der Waals surface area (Å²) in [5.74, 6) is 1.00. The zero-order chi connectivity index (χ0) is 20.7. The van der Waals surface area contributed by atoms with Crippen molar-refractivity contribution >= 4 is 34.4 Å². The van der Waals surface area contributed by atoms with Crippen molar-refractivity contribution in [1.82, 2.24) is 24.3 Å². The monoisotopic (exact) mass is 436 g/mol. The molecule has 0 atom stereocenters. The van der Waals surface area contributed by atoms with Crippen LogP contribution in [0, 0.1) is 13.8 Å². The zero-order valence-corrected chi connectivity index (χ0v) is 17.7. The fourth-order valence-corrected chi connectivity index (χ4v) is 4.68. The van der Waals surface area contributed by atoms with Gasteiger partial charge in [-0.05, 0) is 38.1 Å². The van der Waals surface area contributed by atoms with Crippen LogP contribution >= 0.6 is 22.7 Å². The molecule has 5 aromatic heterocycles. The van der Waals surface area contributed by atoms with Gasteiger partial charge in [0.05, 0.1) is 17.7 Å². The van der Waals surface area contributed by atoms with Gasteiger partial charge in [0.1, 0.15) is 16.4 Å². The van der Waals surface area contributed by atoms with Crippen LogP contribution in [0.2, 0.25) is 0 Å². The Morgan fingerprint density at radius 1 is 1.13 bits per heavy atom. The van der Waals surface area contributed by atoms with E-state index < -0.39 is 0 Å². The van der Waals surface area contributed by atoms with Crippen molar-refractivity contribution in [1.29, 1.82) is 0 Å². The second kappa shape index (κ2) is 7.39. The lowest BCUT2D eigenvalue weighted by molar-refractivity contribution is 0.102. The number of aryl methyl sites for hydroxylation is 2. The molecule has 0 bridgehead atoms. The number of hydrogen-bond acceptors (Lipinski definition) is 7. The molecule has 1 N–H and O–H groups in total. The lowest BCUT2D eigenvalue weighted by Crippen LogP contribution is -2.15. The molecule has 5 heterocycles. The van der Waals surface area contributed by atoms with Gasteiger partial charge in [-0.15, -0.1) is 11.3 Å². The number of furan rings is 1. The van der Waals surface area contributed by atoms with E-state index in [1.54, 1.807) is 10.9 Å². The fourth-order valence-electron chi connectivity index (χ4n) is 2.97. The summed E-state index contributed by atoms with van der Waals surface area (Å²) in [4.78, 5) is 22.6. The van der Waals surface area contributed by atoms with Gasteiger partial charge in [-0.2, -0.15) is 9.78 Å². The molecule has 0 aliphatic heterocycles. The predicted molar refractivity (Wildman–Crippen MR) is 116 cm³/mol. The molecule has 5 aromatic rings. The van der Waals surface area contributed by atoms with E-state index in [4.69, 9.17) is 4.42 Å². The SMILES string of the molecule is Cc1cc(NC(=O)c2sc(-n3cccc3)nc2C)n(-c2nc(-c3ccco3)cs2)n1. The van der Waals surface area contributed by atoms with E-state index in [1.165, 1.54) is 22.7 Å². The van der Waals surface area contributed by atoms with E-state index >= 15 is 0 Å². The molecule has 0 fully saturated rings. The van der Waals surface area contributed by atoms with E-state index in [0.29, 0.717) is 27.3 Å². The van der Waals surface area contributed by atoms with Crippen LogP contribution in [0.15, 0.2) is 58.8 Å². The van der Waals surface area contributed by atoms with Crippen molar-refractivity contribution < 1.29 is 9.21 Å². The van der Waals surface area contributed by atoms with E-state index in [-0.39, 0.29) is 5.91 Å². The molecule has 1 amide bonds. The topological polar surface area (TPSA) is 90.8 Å². The Labute approximate surface area is 179 Å². The van der Waals surface area contributed by atoms with Crippen LogP contribution in [0.1, 0.15) is 21.1 Å². The summed E-state index contributed by atoms with van der Waals surface area (Å²) in [6.45, 7) is 3.70. The van der Waals surface area contributed by atoms with E-state index in [0.717, 1.165) is 16.5 Å². The minimum Gasteiger partial charge on any atom is -0.463 e. The third-order valence-corrected chi connectivity index (χ3v) is 6.32. The van der Waals surface area contributed by atoms with Crippen molar-refractivity contribution in [3.8, 4) is 21.7 Å². The van der Waals surface area contributed by atoms with Crippen molar-refractivity contribution in [3.05, 3.63) is 70.6 Å². The van der Waals surface area contributed by atoms with Crippen LogP contribution in [0.3, 0.4) is 0 Å². The van der Waals surface area contributed by atoms with E-state index in [9.17, 15) is 4.79 Å². The average molecular weight is 437 g/mol. The zero-order valence-electron chi connectivity index (χ0n) is 16.1. The van der Waals surface area contributed by atoms with Crippen LogP contribution in [0.25, 0.3) is 21.7 Å². The van der Waals surface area contributed by atoms with Gasteiger partial charge in [0.15, 0.2) is 10.9 Å². The molecule has 0 unspecified atom stereocenters. The van der Waals surface area contributed by atoms with E-state index in [2.05, 4.69) is 20.4 Å². The molecular weight excluding hydrogens is 420 g/mol. The number of aromatic nitrogens is 5. The number of rotatable bonds is 5. The van der Waals surface area contributed by atoms with Crippen LogP contribution in [0.4, 0.5) is 5.82 Å². The molecule has 150 valence electrons. The van der Waals surface area contributed by atoms with Crippen molar-refractivity contribution in [2.75, 3.05) is 5.32 Å². The minimum absolute atomic E-state index is 0.229. The standard InChI is InChI=1S/C20H16N6O2S2/c1-12-10-16(26(24-12)20-22-14(11-29-20)15-6-5-9-28-15)23-18(27)17-13(2)21-19(30-17)25-7-3-4-8-25/h3-11H,1-2H3,(H,23,27). The smallest absolute Gasteiger partial charge is 0.268 e. The third kappa shape index (κ3) is 3.36. The van der Waals surface area contributed by atoms with Crippen LogP contribution in [0.5, 0.6) is 0 Å². The number of anilines is 1. The van der Waals surface area contributed by atoms with Crippen LogP contribution in [-0.2, 0) is 0 Å². The molecule has 0 aromatic carbocycles. The van der Waals surface area contributed by atoms with Gasteiger partial charge in [0.25, 0.3) is 5.91 Å². The summed E-state index contributed by atoms with van der Waals surface area (Å²) in [6.07, 6.45) is 5.41. The molecule has 0 aliphatic carbocycles. The second-order valence-corrected chi connectivity index (χ2v) is 8.34. The van der Waals surface area contributed by atoms with Crippen molar-refractivity contribution in [2.45, 2.75) is 13.8 Å². The molecule has 0 spiro atoms. The third-order valence-electron chi connectivity index (χ3n) is 4.34. The number of amides is 1. The number of thiazole rings is 2. The van der Waals surface area contributed by atoms with Crippen molar-refractivity contribution in [2.24, 2.45) is 0 Å². The number of carbonyl (C=O) groups is 1. The molecule has 30 heavy (non-hydrogen) atoms. The summed E-state index contributed by atoms with van der Waals surface area (Å²) in [6, 6.07) is 9.32. The molecule has 0 saturated carbocycles. The molecule has 8 nitrogen and oxygen atoms in total. The summed E-state index contributed by atoms with van der Waals surface area (Å²) < 4.78 is 8.93. The van der Waals surface area contributed by atoms with Gasteiger partial charge in [0.2, 0.25) is 5.13 Å². The highest BCUT2D eigenvalue weighted by molar-refractivity contribution is 7.16. The first-order chi connectivity index (χ1) is 14.6. The first-order valence-corrected chi connectivity index (χ1v) is 10.8. The molecule has 0 saturated heterocycles. The highest BCUT2D eigenvalue weighted by Gasteiger charge is 2.20. The quantitative estimate of drug-likeness (QED) is 0.431. The Balaban J connectivity index is 1.43. The van der Waals surface area contributed by atoms with Gasteiger partial charge in [-0.3, -0.25) is 4.79 Å². The maximum atomic E-state index is 13.0. The Kier molecular flexibility index (Phi) is 4.57. The molecular formula is C20H16N6O2S2.